The molecular weight excluding hydrogens is 360 g/mol. The summed E-state index contributed by atoms with van der Waals surface area (Å²) in [5.41, 5.74) is 3.24. The highest BCUT2D eigenvalue weighted by atomic mass is 35.5. The number of anilines is 2. The lowest BCUT2D eigenvalue weighted by Gasteiger charge is -2.13. The first kappa shape index (κ1) is 19.0. The van der Waals surface area contributed by atoms with E-state index in [0.717, 1.165) is 16.8 Å². The fourth-order valence-electron chi connectivity index (χ4n) is 2.78. The Balaban J connectivity index is 1.57. The molecule has 0 aliphatic carbocycles. The molecule has 1 heterocycles. The van der Waals surface area contributed by atoms with E-state index in [4.69, 9.17) is 11.6 Å². The van der Waals surface area contributed by atoms with Crippen molar-refractivity contribution < 1.29 is 4.79 Å². The van der Waals surface area contributed by atoms with Gasteiger partial charge in [0.25, 0.3) is 0 Å². The van der Waals surface area contributed by atoms with E-state index in [-0.39, 0.29) is 5.91 Å². The molecule has 140 valence electrons. The van der Waals surface area contributed by atoms with Crippen molar-refractivity contribution in [3.63, 3.8) is 0 Å². The van der Waals surface area contributed by atoms with E-state index in [1.54, 1.807) is 16.9 Å². The number of nitrogens with zero attached hydrogens (tertiary/aromatic N) is 3. The predicted octanol–water partition coefficient (Wildman–Crippen LogP) is 4.22. The van der Waals surface area contributed by atoms with Crippen LogP contribution >= 0.6 is 11.6 Å². The quantitative estimate of drug-likeness (QED) is 0.665. The second-order valence-electron chi connectivity index (χ2n) is 6.57. The number of amides is 1. The van der Waals surface area contributed by atoms with E-state index in [9.17, 15) is 4.79 Å². The molecule has 1 N–H and O–H groups in total. The van der Waals surface area contributed by atoms with Gasteiger partial charge in [-0.05, 0) is 35.7 Å². The predicted molar refractivity (Wildman–Crippen MR) is 111 cm³/mol. The lowest BCUT2D eigenvalue weighted by atomic mass is 10.1. The van der Waals surface area contributed by atoms with Gasteiger partial charge in [0.05, 0.1) is 12.7 Å². The summed E-state index contributed by atoms with van der Waals surface area (Å²) in [7, 11) is 4.02. The summed E-state index contributed by atoms with van der Waals surface area (Å²) in [4.78, 5) is 14.4. The van der Waals surface area contributed by atoms with Gasteiger partial charge >= 0.3 is 0 Å². The van der Waals surface area contributed by atoms with Gasteiger partial charge in [0.2, 0.25) is 5.91 Å². The van der Waals surface area contributed by atoms with Gasteiger partial charge in [-0.1, -0.05) is 41.9 Å². The van der Waals surface area contributed by atoms with Gasteiger partial charge < -0.3 is 10.2 Å². The van der Waals surface area contributed by atoms with Crippen LogP contribution in [0.25, 0.3) is 0 Å². The Morgan fingerprint density at radius 1 is 1.11 bits per heavy atom. The molecule has 1 amide bonds. The Hall–Kier alpha value is -2.79. The van der Waals surface area contributed by atoms with Crippen LogP contribution in [0.1, 0.15) is 17.5 Å². The molecule has 0 aliphatic rings. The minimum Gasteiger partial charge on any atom is -0.378 e. The smallest absolute Gasteiger partial charge is 0.225 e. The van der Waals surface area contributed by atoms with Crippen molar-refractivity contribution in [2.24, 2.45) is 0 Å². The van der Waals surface area contributed by atoms with Crippen molar-refractivity contribution in [1.29, 1.82) is 0 Å². The Morgan fingerprint density at radius 2 is 1.85 bits per heavy atom. The number of aromatic nitrogens is 2. The molecule has 3 aromatic rings. The van der Waals surface area contributed by atoms with Gasteiger partial charge in [-0.15, -0.1) is 0 Å². The average molecular weight is 383 g/mol. The summed E-state index contributed by atoms with van der Waals surface area (Å²) in [5, 5.41) is 7.92. The molecule has 3 rings (SSSR count). The summed E-state index contributed by atoms with van der Waals surface area (Å²) in [6.45, 7) is 0.508. The summed E-state index contributed by atoms with van der Waals surface area (Å²) in [5.74, 6) is 0.635. The van der Waals surface area contributed by atoms with Gasteiger partial charge in [0.15, 0.2) is 0 Å². The third-order valence-electron chi connectivity index (χ3n) is 4.36. The molecule has 0 saturated heterocycles. The number of aryl methyl sites for hydroxylation is 1. The molecule has 5 nitrogen and oxygen atoms in total. The normalized spacial score (nSPS) is 10.6. The van der Waals surface area contributed by atoms with Crippen molar-refractivity contribution in [1.82, 2.24) is 9.78 Å². The van der Waals surface area contributed by atoms with Gasteiger partial charge in [0.1, 0.15) is 5.82 Å². The number of rotatable bonds is 7. The van der Waals surface area contributed by atoms with Crippen LogP contribution in [0.4, 0.5) is 11.5 Å². The number of nitrogens with one attached hydrogen (secondary N) is 1. The zero-order chi connectivity index (χ0) is 19.2. The molecule has 0 atom stereocenters. The van der Waals surface area contributed by atoms with Crippen LogP contribution < -0.4 is 10.2 Å². The minimum atomic E-state index is -0.0346. The first-order valence-electron chi connectivity index (χ1n) is 8.84. The van der Waals surface area contributed by atoms with Crippen molar-refractivity contribution in [3.05, 3.63) is 76.9 Å². The van der Waals surface area contributed by atoms with Crippen LogP contribution in [-0.4, -0.2) is 29.8 Å². The molecule has 0 bridgehead atoms. The highest BCUT2D eigenvalue weighted by molar-refractivity contribution is 6.31. The van der Waals surface area contributed by atoms with E-state index >= 15 is 0 Å². The third kappa shape index (κ3) is 5.11. The largest absolute Gasteiger partial charge is 0.378 e. The first-order valence-corrected chi connectivity index (χ1v) is 9.22. The van der Waals surface area contributed by atoms with Crippen LogP contribution in [0.15, 0.2) is 60.8 Å². The molecule has 0 aliphatic heterocycles. The Kier molecular flexibility index (Phi) is 6.14. The maximum atomic E-state index is 12.3. The maximum absolute atomic E-state index is 12.3. The second-order valence-corrected chi connectivity index (χ2v) is 6.98. The van der Waals surface area contributed by atoms with Crippen molar-refractivity contribution in [2.75, 3.05) is 24.3 Å². The highest BCUT2D eigenvalue weighted by Crippen LogP contribution is 2.18. The van der Waals surface area contributed by atoms with E-state index in [1.807, 2.05) is 38.4 Å². The van der Waals surface area contributed by atoms with Crippen LogP contribution in [0.5, 0.6) is 0 Å². The number of benzene rings is 2. The number of carbonyl (C=O) groups excluding carboxylic acids is 1. The summed E-state index contributed by atoms with van der Waals surface area (Å²) >= 11 is 6.22. The Labute approximate surface area is 164 Å². The van der Waals surface area contributed by atoms with Gasteiger partial charge in [-0.2, -0.15) is 5.10 Å². The number of halogens is 1. The number of hydrogen-bond acceptors (Lipinski definition) is 3. The maximum Gasteiger partial charge on any atom is 0.225 e. The molecule has 0 saturated carbocycles. The van der Waals surface area contributed by atoms with Gasteiger partial charge in [-0.25, -0.2) is 4.68 Å². The third-order valence-corrected chi connectivity index (χ3v) is 4.72. The fraction of sp³-hybridized carbons (Fsp3) is 0.238. The second kappa shape index (κ2) is 8.73. The van der Waals surface area contributed by atoms with Gasteiger partial charge in [0, 0.05) is 37.3 Å². The van der Waals surface area contributed by atoms with Crippen molar-refractivity contribution in [3.8, 4) is 0 Å². The molecule has 0 unspecified atom stereocenters. The minimum absolute atomic E-state index is 0.0346. The molecule has 0 fully saturated rings. The van der Waals surface area contributed by atoms with E-state index in [0.29, 0.717) is 30.2 Å². The SMILES string of the molecule is CN(C)c1ccc(CCC(=O)Nc2ccnn2Cc2ccccc2Cl)cc1. The Morgan fingerprint density at radius 3 is 2.56 bits per heavy atom. The zero-order valence-corrected chi connectivity index (χ0v) is 16.3. The first-order chi connectivity index (χ1) is 13.0. The highest BCUT2D eigenvalue weighted by Gasteiger charge is 2.09. The zero-order valence-electron chi connectivity index (χ0n) is 15.5. The van der Waals surface area contributed by atoms with Crippen LogP contribution in [0, 0.1) is 0 Å². The number of hydrogen-bond donors (Lipinski definition) is 1. The summed E-state index contributed by atoms with van der Waals surface area (Å²) < 4.78 is 1.74. The average Bonchev–Trinajstić information content (AvgIpc) is 3.09. The van der Waals surface area contributed by atoms with E-state index in [2.05, 4.69) is 39.6 Å². The molecule has 2 aromatic carbocycles. The topological polar surface area (TPSA) is 50.2 Å². The molecule has 1 aromatic heterocycles. The van der Waals surface area contributed by atoms with Crippen LogP contribution in [0.3, 0.4) is 0 Å². The van der Waals surface area contributed by atoms with E-state index in [1.165, 1.54) is 0 Å². The molecule has 6 heteroatoms. The van der Waals surface area contributed by atoms with Crippen molar-refractivity contribution >= 4 is 29.0 Å². The lowest BCUT2D eigenvalue weighted by molar-refractivity contribution is -0.116. The molecule has 27 heavy (non-hydrogen) atoms. The number of carbonyl (C=O) groups is 1. The van der Waals surface area contributed by atoms with Crippen LogP contribution in [-0.2, 0) is 17.8 Å². The monoisotopic (exact) mass is 382 g/mol. The van der Waals surface area contributed by atoms with Gasteiger partial charge in [-0.3, -0.25) is 4.79 Å². The lowest BCUT2D eigenvalue weighted by Crippen LogP contribution is -2.16. The standard InChI is InChI=1S/C21H23ClN4O/c1-25(2)18-10-7-16(8-11-18)9-12-21(27)24-20-13-14-23-26(20)15-17-5-3-4-6-19(17)22/h3-8,10-11,13-14H,9,12,15H2,1-2H3,(H,24,27). The summed E-state index contributed by atoms with van der Waals surface area (Å²) in [6.07, 6.45) is 2.78. The molecule has 0 radical (unpaired) electrons. The summed E-state index contributed by atoms with van der Waals surface area (Å²) in [6, 6.07) is 17.7. The van der Waals surface area contributed by atoms with Crippen LogP contribution in [0.2, 0.25) is 5.02 Å². The molecular formula is C21H23ClN4O. The van der Waals surface area contributed by atoms with Crippen molar-refractivity contribution in [2.45, 2.75) is 19.4 Å². The Bertz CT molecular complexity index is 903. The molecule has 0 spiro atoms. The fourth-order valence-corrected chi connectivity index (χ4v) is 2.97. The van der Waals surface area contributed by atoms with E-state index < -0.39 is 0 Å².